The molecule has 3 rings (SSSR count). The predicted molar refractivity (Wildman–Crippen MR) is 126 cm³/mol. The maximum absolute atomic E-state index is 12.7. The Morgan fingerprint density at radius 1 is 0.867 bits per heavy atom. The van der Waals surface area contributed by atoms with E-state index in [1.54, 1.807) is 20.3 Å². The lowest BCUT2D eigenvalue weighted by atomic mass is 10.1. The van der Waals surface area contributed by atoms with Gasteiger partial charge in [-0.15, -0.1) is 0 Å². The van der Waals surface area contributed by atoms with Gasteiger partial charge in [0.1, 0.15) is 11.5 Å². The van der Waals surface area contributed by atoms with Gasteiger partial charge < -0.3 is 25.0 Å². The molecule has 0 aromatic heterocycles. The molecule has 0 radical (unpaired) electrons. The Morgan fingerprint density at radius 2 is 1.37 bits per heavy atom. The normalized spacial score (nSPS) is 12.7. The van der Waals surface area contributed by atoms with E-state index in [0.29, 0.717) is 31.0 Å². The Morgan fingerprint density at radius 3 is 1.83 bits per heavy atom. The van der Waals surface area contributed by atoms with Crippen molar-refractivity contribution >= 4 is 17.3 Å². The van der Waals surface area contributed by atoms with Crippen molar-refractivity contribution in [1.29, 1.82) is 0 Å². The van der Waals surface area contributed by atoms with E-state index in [0.717, 1.165) is 30.0 Å². The molecule has 1 aliphatic heterocycles. The zero-order chi connectivity index (χ0) is 22.5. The van der Waals surface area contributed by atoms with Crippen LogP contribution in [0.4, 0.5) is 11.4 Å². The van der Waals surface area contributed by atoms with Gasteiger partial charge in [0.15, 0.2) is 0 Å². The first-order valence-corrected chi connectivity index (χ1v) is 10.7. The molecule has 2 N–H and O–H groups in total. The summed E-state index contributed by atoms with van der Waals surface area (Å²) in [5.74, 6) is 1.51. The molecule has 0 atom stereocenters. The summed E-state index contributed by atoms with van der Waals surface area (Å²) >= 11 is 0. The van der Waals surface area contributed by atoms with Crippen molar-refractivity contribution in [3.05, 3.63) is 48.0 Å². The number of benzene rings is 2. The summed E-state index contributed by atoms with van der Waals surface area (Å²) in [5, 5.41) is 0. The third kappa shape index (κ3) is 7.17. The van der Waals surface area contributed by atoms with E-state index < -0.39 is 0 Å². The molecule has 0 aliphatic carbocycles. The summed E-state index contributed by atoms with van der Waals surface area (Å²) < 4.78 is 10.6. The molecule has 0 spiro atoms. The van der Waals surface area contributed by atoms with E-state index in [1.165, 1.54) is 0 Å². The first kappa shape index (κ1) is 25.1. The second-order valence-electron chi connectivity index (χ2n) is 6.36. The van der Waals surface area contributed by atoms with Gasteiger partial charge in [0.05, 0.1) is 20.6 Å². The molecule has 1 fully saturated rings. The molecule has 0 bridgehead atoms. The molecule has 6 heteroatoms. The van der Waals surface area contributed by atoms with Gasteiger partial charge in [-0.1, -0.05) is 27.7 Å². The minimum Gasteiger partial charge on any atom is -0.497 e. The van der Waals surface area contributed by atoms with E-state index in [2.05, 4.69) is 4.90 Å². The van der Waals surface area contributed by atoms with E-state index in [1.807, 2.05) is 69.0 Å². The van der Waals surface area contributed by atoms with E-state index in [-0.39, 0.29) is 5.91 Å². The van der Waals surface area contributed by atoms with Gasteiger partial charge in [-0.2, -0.15) is 0 Å². The van der Waals surface area contributed by atoms with Gasteiger partial charge in [0.2, 0.25) is 5.91 Å². The quantitative estimate of drug-likeness (QED) is 0.740. The Bertz CT molecular complexity index is 733. The average Bonchev–Trinajstić information content (AvgIpc) is 2.82. The molecule has 1 amide bonds. The lowest BCUT2D eigenvalue weighted by Gasteiger charge is -2.36. The summed E-state index contributed by atoms with van der Waals surface area (Å²) in [6.45, 7) is 11.1. The third-order valence-corrected chi connectivity index (χ3v) is 4.66. The van der Waals surface area contributed by atoms with Crippen LogP contribution >= 0.6 is 0 Å². The fraction of sp³-hybridized carbons (Fsp3) is 0.458. The number of carbonyl (C=O) groups excluding carboxylic acids is 1. The number of hydrogen-bond donors (Lipinski definition) is 1. The van der Waals surface area contributed by atoms with Crippen LogP contribution in [0.15, 0.2) is 42.5 Å². The number of amides is 1. The number of rotatable bonds is 5. The Hall–Kier alpha value is -2.89. The van der Waals surface area contributed by atoms with Gasteiger partial charge in [-0.3, -0.25) is 4.79 Å². The summed E-state index contributed by atoms with van der Waals surface area (Å²) in [6.07, 6.45) is 0.343. The first-order chi connectivity index (χ1) is 14.6. The number of anilines is 2. The molecule has 166 valence electrons. The van der Waals surface area contributed by atoms with Crippen molar-refractivity contribution in [2.75, 3.05) is 51.0 Å². The molecule has 2 aromatic rings. The van der Waals surface area contributed by atoms with Crippen molar-refractivity contribution in [3.63, 3.8) is 0 Å². The number of ether oxygens (including phenoxy) is 2. The largest absolute Gasteiger partial charge is 0.497 e. The summed E-state index contributed by atoms with van der Waals surface area (Å²) in [5.41, 5.74) is 8.54. The maximum Gasteiger partial charge on any atom is 0.227 e. The maximum atomic E-state index is 12.7. The van der Waals surface area contributed by atoms with E-state index in [9.17, 15) is 4.79 Å². The molecule has 2 aromatic carbocycles. The van der Waals surface area contributed by atoms with Crippen LogP contribution in [0.1, 0.15) is 33.3 Å². The predicted octanol–water partition coefficient (Wildman–Crippen LogP) is 4.23. The number of methoxy groups -OCH3 is 2. The second-order valence-corrected chi connectivity index (χ2v) is 6.36. The molecule has 0 unspecified atom stereocenters. The highest BCUT2D eigenvalue weighted by Crippen LogP contribution is 2.23. The van der Waals surface area contributed by atoms with Gasteiger partial charge in [-0.25, -0.2) is 0 Å². The minimum atomic E-state index is 0.122. The van der Waals surface area contributed by atoms with Crippen molar-refractivity contribution in [2.24, 2.45) is 0 Å². The van der Waals surface area contributed by atoms with E-state index >= 15 is 0 Å². The van der Waals surface area contributed by atoms with Crippen LogP contribution in [-0.2, 0) is 11.2 Å². The Balaban J connectivity index is 0.00000106. The molecular formula is C24H37N3O3. The lowest BCUT2D eigenvalue weighted by molar-refractivity contribution is -0.130. The Labute approximate surface area is 181 Å². The summed E-state index contributed by atoms with van der Waals surface area (Å²) in [6, 6.07) is 13.4. The average molecular weight is 416 g/mol. The number of nitrogens with two attached hydrogens (primary N) is 1. The molecule has 1 saturated heterocycles. The Kier molecular flexibility index (Phi) is 11.2. The van der Waals surface area contributed by atoms with Crippen LogP contribution in [0.3, 0.4) is 0 Å². The number of nitrogen functional groups attached to an aromatic ring is 1. The highest BCUT2D eigenvalue weighted by molar-refractivity contribution is 5.79. The van der Waals surface area contributed by atoms with Crippen molar-refractivity contribution in [1.82, 2.24) is 4.90 Å². The van der Waals surface area contributed by atoms with E-state index in [4.69, 9.17) is 15.2 Å². The fourth-order valence-corrected chi connectivity index (χ4v) is 3.15. The molecule has 0 saturated carbocycles. The van der Waals surface area contributed by atoms with Crippen LogP contribution in [0.25, 0.3) is 0 Å². The van der Waals surface area contributed by atoms with Gasteiger partial charge in [-0.05, 0) is 42.0 Å². The minimum absolute atomic E-state index is 0.122. The molecule has 1 heterocycles. The van der Waals surface area contributed by atoms with Crippen LogP contribution in [-0.4, -0.2) is 51.2 Å². The molecule has 6 nitrogen and oxygen atoms in total. The summed E-state index contributed by atoms with van der Waals surface area (Å²) in [7, 11) is 3.22. The van der Waals surface area contributed by atoms with Gasteiger partial charge in [0, 0.05) is 43.6 Å². The molecule has 1 aliphatic rings. The zero-order valence-electron chi connectivity index (χ0n) is 19.3. The van der Waals surface area contributed by atoms with Crippen LogP contribution in [0.2, 0.25) is 0 Å². The van der Waals surface area contributed by atoms with Crippen LogP contribution in [0, 0.1) is 0 Å². The summed E-state index contributed by atoms with van der Waals surface area (Å²) in [4.78, 5) is 16.9. The standard InChI is InChI=1S/C20H25N3O3.2C2H6/c1-25-18-11-15(12-19(14-18)26-2)13-20(24)23-9-7-22(8-10-23)17-5-3-16(21)4-6-17;2*1-2/h3-6,11-12,14H,7-10,13,21H2,1-2H3;2*1-2H3. The number of nitrogens with zero attached hydrogens (tertiary/aromatic N) is 2. The van der Waals surface area contributed by atoms with Crippen molar-refractivity contribution in [3.8, 4) is 11.5 Å². The third-order valence-electron chi connectivity index (χ3n) is 4.66. The monoisotopic (exact) mass is 415 g/mol. The SMILES string of the molecule is CC.CC.COc1cc(CC(=O)N2CCN(c3ccc(N)cc3)CC2)cc(OC)c1. The van der Waals surface area contributed by atoms with Gasteiger partial charge >= 0.3 is 0 Å². The fourth-order valence-electron chi connectivity index (χ4n) is 3.15. The molecule has 30 heavy (non-hydrogen) atoms. The lowest BCUT2D eigenvalue weighted by Crippen LogP contribution is -2.49. The zero-order valence-corrected chi connectivity index (χ0v) is 19.3. The number of piperazine rings is 1. The van der Waals surface area contributed by atoms with Crippen LogP contribution in [0.5, 0.6) is 11.5 Å². The number of hydrogen-bond acceptors (Lipinski definition) is 5. The smallest absolute Gasteiger partial charge is 0.227 e. The van der Waals surface area contributed by atoms with Crippen molar-refractivity contribution < 1.29 is 14.3 Å². The topological polar surface area (TPSA) is 68.0 Å². The second kappa shape index (κ2) is 13.4. The highest BCUT2D eigenvalue weighted by atomic mass is 16.5. The highest BCUT2D eigenvalue weighted by Gasteiger charge is 2.21. The first-order valence-electron chi connectivity index (χ1n) is 10.7. The van der Waals surface area contributed by atoms with Crippen LogP contribution < -0.4 is 20.1 Å². The number of carbonyl (C=O) groups is 1. The van der Waals surface area contributed by atoms with Crippen molar-refractivity contribution in [2.45, 2.75) is 34.1 Å². The molecular weight excluding hydrogens is 378 g/mol. The van der Waals surface area contributed by atoms with Gasteiger partial charge in [0.25, 0.3) is 0 Å².